The Labute approximate surface area is 158 Å². The number of hydrogen-bond acceptors (Lipinski definition) is 4. The molecular formula is C20H21N3O3S. The van der Waals surface area contributed by atoms with Crippen LogP contribution in [0.3, 0.4) is 0 Å². The second-order valence-electron chi connectivity index (χ2n) is 6.32. The molecule has 1 amide bonds. The summed E-state index contributed by atoms with van der Waals surface area (Å²) in [4.78, 5) is 16.8. The molecule has 0 aliphatic carbocycles. The van der Waals surface area contributed by atoms with Gasteiger partial charge < -0.3 is 5.32 Å². The zero-order valence-corrected chi connectivity index (χ0v) is 16.0. The molecule has 140 valence electrons. The highest BCUT2D eigenvalue weighted by Crippen LogP contribution is 2.26. The minimum atomic E-state index is -3.67. The number of aromatic nitrogens is 1. The van der Waals surface area contributed by atoms with Gasteiger partial charge in [-0.15, -0.1) is 0 Å². The Morgan fingerprint density at radius 1 is 1.07 bits per heavy atom. The van der Waals surface area contributed by atoms with Crippen LogP contribution >= 0.6 is 0 Å². The van der Waals surface area contributed by atoms with Crippen LogP contribution < -0.4 is 9.62 Å². The molecule has 0 spiro atoms. The van der Waals surface area contributed by atoms with E-state index < -0.39 is 10.0 Å². The van der Waals surface area contributed by atoms with E-state index in [9.17, 15) is 13.2 Å². The number of carbonyl (C=O) groups excluding carboxylic acids is 1. The number of nitrogens with one attached hydrogen (secondary N) is 1. The molecule has 7 heteroatoms. The average Bonchev–Trinajstić information content (AvgIpc) is 2.65. The van der Waals surface area contributed by atoms with Gasteiger partial charge in [-0.2, -0.15) is 0 Å². The Hall–Kier alpha value is -2.93. The van der Waals surface area contributed by atoms with Gasteiger partial charge >= 0.3 is 0 Å². The van der Waals surface area contributed by atoms with Crippen molar-refractivity contribution in [3.05, 3.63) is 72.4 Å². The molecule has 1 N–H and O–H groups in total. The van der Waals surface area contributed by atoms with E-state index in [1.54, 1.807) is 24.4 Å². The predicted octanol–water partition coefficient (Wildman–Crippen LogP) is 2.88. The van der Waals surface area contributed by atoms with Gasteiger partial charge in [0.1, 0.15) is 6.54 Å². The molecule has 0 fully saturated rings. The number of fused-ring (bicyclic) bond motifs is 1. The molecular weight excluding hydrogens is 362 g/mol. The minimum absolute atomic E-state index is 0.231. The zero-order chi connectivity index (χ0) is 19.4. The maximum absolute atomic E-state index is 12.6. The minimum Gasteiger partial charge on any atom is -0.348 e. The van der Waals surface area contributed by atoms with E-state index in [1.165, 1.54) is 0 Å². The van der Waals surface area contributed by atoms with Crippen LogP contribution in [0.2, 0.25) is 0 Å². The summed E-state index contributed by atoms with van der Waals surface area (Å²) in [6.45, 7) is 1.54. The summed E-state index contributed by atoms with van der Waals surface area (Å²) in [5, 5.41) is 3.66. The Bertz CT molecular complexity index is 1050. The molecule has 1 atom stereocenters. The molecule has 0 radical (unpaired) electrons. The highest BCUT2D eigenvalue weighted by molar-refractivity contribution is 7.92. The molecule has 3 aromatic rings. The van der Waals surface area contributed by atoms with Crippen molar-refractivity contribution in [2.75, 3.05) is 17.1 Å². The van der Waals surface area contributed by atoms with Crippen molar-refractivity contribution in [3.8, 4) is 0 Å². The van der Waals surface area contributed by atoms with E-state index in [2.05, 4.69) is 10.3 Å². The van der Waals surface area contributed by atoms with Crippen molar-refractivity contribution in [2.45, 2.75) is 13.0 Å². The first-order valence-electron chi connectivity index (χ1n) is 8.52. The topological polar surface area (TPSA) is 79.4 Å². The van der Waals surface area contributed by atoms with Crippen LogP contribution in [-0.2, 0) is 14.8 Å². The molecule has 0 aliphatic rings. The number of nitrogens with zero attached hydrogens (tertiary/aromatic N) is 2. The van der Waals surface area contributed by atoms with Gasteiger partial charge in [0.25, 0.3) is 0 Å². The van der Waals surface area contributed by atoms with Gasteiger partial charge in [-0.05, 0) is 24.6 Å². The highest BCUT2D eigenvalue weighted by atomic mass is 32.2. The van der Waals surface area contributed by atoms with Gasteiger partial charge in [0.15, 0.2) is 0 Å². The van der Waals surface area contributed by atoms with E-state index in [-0.39, 0.29) is 18.5 Å². The Balaban J connectivity index is 1.87. The highest BCUT2D eigenvalue weighted by Gasteiger charge is 2.23. The first-order valence-corrected chi connectivity index (χ1v) is 10.4. The summed E-state index contributed by atoms with van der Waals surface area (Å²) in [7, 11) is -3.67. The summed E-state index contributed by atoms with van der Waals surface area (Å²) in [6, 6.07) is 18.2. The molecule has 2 aromatic carbocycles. The molecule has 0 saturated heterocycles. The first kappa shape index (κ1) is 18.8. The van der Waals surface area contributed by atoms with Gasteiger partial charge in [-0.25, -0.2) is 8.42 Å². The van der Waals surface area contributed by atoms with E-state index >= 15 is 0 Å². The van der Waals surface area contributed by atoms with E-state index in [0.29, 0.717) is 11.2 Å². The lowest BCUT2D eigenvalue weighted by molar-refractivity contribution is -0.120. The van der Waals surface area contributed by atoms with Gasteiger partial charge in [0, 0.05) is 11.6 Å². The lowest BCUT2D eigenvalue weighted by atomic mass is 10.1. The Morgan fingerprint density at radius 3 is 2.48 bits per heavy atom. The predicted molar refractivity (Wildman–Crippen MR) is 107 cm³/mol. The molecule has 6 nitrogen and oxygen atoms in total. The number of benzene rings is 2. The lowest BCUT2D eigenvalue weighted by Gasteiger charge is -2.24. The van der Waals surface area contributed by atoms with Crippen molar-refractivity contribution in [1.29, 1.82) is 0 Å². The van der Waals surface area contributed by atoms with Crippen LogP contribution in [0.4, 0.5) is 5.69 Å². The van der Waals surface area contributed by atoms with Crippen LogP contribution in [0.25, 0.3) is 10.9 Å². The summed E-state index contributed by atoms with van der Waals surface area (Å²) >= 11 is 0. The van der Waals surface area contributed by atoms with Crippen molar-refractivity contribution in [3.63, 3.8) is 0 Å². The normalized spacial score (nSPS) is 12.5. The van der Waals surface area contributed by atoms with Crippen LogP contribution in [0, 0.1) is 0 Å². The number of para-hydroxylation sites is 1. The van der Waals surface area contributed by atoms with E-state index in [4.69, 9.17) is 0 Å². The molecule has 0 bridgehead atoms. The average molecular weight is 383 g/mol. The van der Waals surface area contributed by atoms with E-state index in [1.807, 2.05) is 49.4 Å². The van der Waals surface area contributed by atoms with Crippen LogP contribution in [0.15, 0.2) is 66.9 Å². The largest absolute Gasteiger partial charge is 0.348 e. The van der Waals surface area contributed by atoms with E-state index in [0.717, 1.165) is 21.5 Å². The second kappa shape index (κ2) is 7.75. The van der Waals surface area contributed by atoms with Crippen molar-refractivity contribution >= 4 is 32.5 Å². The van der Waals surface area contributed by atoms with Gasteiger partial charge in [0.05, 0.1) is 23.5 Å². The fraction of sp³-hybridized carbons (Fsp3) is 0.200. The van der Waals surface area contributed by atoms with Crippen LogP contribution in [0.1, 0.15) is 18.5 Å². The Kier molecular flexibility index (Phi) is 5.41. The molecule has 1 aromatic heterocycles. The molecule has 1 heterocycles. The summed E-state index contributed by atoms with van der Waals surface area (Å²) in [6.07, 6.45) is 2.69. The lowest BCUT2D eigenvalue weighted by Crippen LogP contribution is -2.41. The maximum Gasteiger partial charge on any atom is 0.241 e. The number of anilines is 1. The smallest absolute Gasteiger partial charge is 0.241 e. The third-order valence-electron chi connectivity index (χ3n) is 4.24. The van der Waals surface area contributed by atoms with Crippen molar-refractivity contribution in [2.24, 2.45) is 0 Å². The monoisotopic (exact) mass is 383 g/mol. The number of pyridine rings is 1. The summed E-state index contributed by atoms with van der Waals surface area (Å²) in [5.41, 5.74) is 1.87. The third-order valence-corrected chi connectivity index (χ3v) is 5.37. The fourth-order valence-corrected chi connectivity index (χ4v) is 3.77. The standard InChI is InChI=1S/C20H21N3O3S/c1-15(16-8-4-3-5-9-16)22-19(24)14-23(27(2,25)26)18-12-6-10-17-11-7-13-21-20(17)18/h3-13,15H,14H2,1-2H3,(H,22,24). The summed E-state index contributed by atoms with van der Waals surface area (Å²) in [5.74, 6) is -0.385. The number of carbonyl (C=O) groups is 1. The number of sulfonamides is 1. The second-order valence-corrected chi connectivity index (χ2v) is 8.23. The molecule has 0 saturated carbocycles. The zero-order valence-electron chi connectivity index (χ0n) is 15.2. The molecule has 1 unspecified atom stereocenters. The van der Waals surface area contributed by atoms with Crippen molar-refractivity contribution in [1.82, 2.24) is 10.3 Å². The Morgan fingerprint density at radius 2 is 1.78 bits per heavy atom. The maximum atomic E-state index is 12.6. The van der Waals surface area contributed by atoms with Crippen LogP contribution in [0.5, 0.6) is 0 Å². The summed E-state index contributed by atoms with van der Waals surface area (Å²) < 4.78 is 25.9. The first-order chi connectivity index (χ1) is 12.9. The third kappa shape index (κ3) is 4.43. The van der Waals surface area contributed by atoms with Crippen molar-refractivity contribution < 1.29 is 13.2 Å². The van der Waals surface area contributed by atoms with Gasteiger partial charge in [-0.3, -0.25) is 14.1 Å². The molecule has 0 aliphatic heterocycles. The number of rotatable bonds is 6. The quantitative estimate of drug-likeness (QED) is 0.710. The molecule has 3 rings (SSSR count). The molecule has 27 heavy (non-hydrogen) atoms. The van der Waals surface area contributed by atoms with Gasteiger partial charge in [0.2, 0.25) is 15.9 Å². The van der Waals surface area contributed by atoms with Gasteiger partial charge in [-0.1, -0.05) is 48.5 Å². The number of amides is 1. The SMILES string of the molecule is CC(NC(=O)CN(c1cccc2cccnc12)S(C)(=O)=O)c1ccccc1. The number of hydrogen-bond donors (Lipinski definition) is 1. The van der Waals surface area contributed by atoms with Crippen LogP contribution in [-0.4, -0.2) is 32.1 Å². The fourth-order valence-electron chi connectivity index (χ4n) is 2.91.